The molecule has 0 aliphatic carbocycles. The van der Waals surface area contributed by atoms with Crippen LogP contribution in [-0.4, -0.2) is 51.0 Å². The number of hydrogen-bond acceptors (Lipinski definition) is 7. The maximum atomic E-state index is 14.3. The molecule has 4 unspecified atom stereocenters. The van der Waals surface area contributed by atoms with Crippen LogP contribution in [0.5, 0.6) is 5.75 Å². The van der Waals surface area contributed by atoms with Crippen LogP contribution in [0.3, 0.4) is 0 Å². The van der Waals surface area contributed by atoms with Gasteiger partial charge in [0.25, 0.3) is 0 Å². The Labute approximate surface area is 214 Å². The fraction of sp³-hybridized carbons (Fsp3) is 0.391. The Morgan fingerprint density at radius 2 is 1.89 bits per heavy atom. The van der Waals surface area contributed by atoms with Crippen LogP contribution in [0.15, 0.2) is 41.4 Å². The van der Waals surface area contributed by atoms with Gasteiger partial charge in [-0.25, -0.2) is 29.0 Å². The Kier molecular flexibility index (Phi) is 9.54. The Morgan fingerprint density at radius 1 is 1.16 bits per heavy atom. The van der Waals surface area contributed by atoms with Crippen LogP contribution >= 0.6 is 0 Å². The van der Waals surface area contributed by atoms with Crippen molar-refractivity contribution in [3.8, 4) is 5.75 Å². The molecule has 1 heterocycles. The number of aliphatic imine (C=N–C) groups is 1. The molecule has 3 rings (SSSR count). The lowest BCUT2D eigenvalue weighted by Crippen LogP contribution is -2.54. The Bertz CT molecular complexity index is 1160. The van der Waals surface area contributed by atoms with Gasteiger partial charge in [0.2, 0.25) is 11.9 Å². The standard InChI is InChI=1S/C23H27F6N7O2/c1-31-10-13(20(30)23(27,28)29)21(37)34-22(32-16-5-4-12(24)8-14(16)25)33-19-9-17(35-36-19)11-3-6-18(38-2)15(26)7-11/h3-8,13,17,19-20,31,35-36H,9-10,30H2,1-2H3,(H2,32,33,34,37). The van der Waals surface area contributed by atoms with Crippen LogP contribution in [0.25, 0.3) is 0 Å². The van der Waals surface area contributed by atoms with Gasteiger partial charge in [-0.2, -0.15) is 13.2 Å². The predicted molar refractivity (Wildman–Crippen MR) is 127 cm³/mol. The van der Waals surface area contributed by atoms with E-state index in [1.54, 1.807) is 6.07 Å². The highest BCUT2D eigenvalue weighted by Gasteiger charge is 2.45. The second kappa shape index (κ2) is 12.4. The molecule has 1 fully saturated rings. The number of carbonyl (C=O) groups is 1. The first-order chi connectivity index (χ1) is 17.9. The summed E-state index contributed by atoms with van der Waals surface area (Å²) in [6.45, 7) is -0.418. The van der Waals surface area contributed by atoms with E-state index >= 15 is 0 Å². The second-order valence-electron chi connectivity index (χ2n) is 8.43. The van der Waals surface area contributed by atoms with Gasteiger partial charge in [-0.05, 0) is 36.9 Å². The molecule has 0 spiro atoms. The summed E-state index contributed by atoms with van der Waals surface area (Å²) in [5, 5.41) is 7.19. The van der Waals surface area contributed by atoms with E-state index in [9.17, 15) is 31.1 Å². The van der Waals surface area contributed by atoms with Crippen LogP contribution in [0, 0.1) is 23.4 Å². The normalized spacial score (nSPS) is 19.7. The Morgan fingerprint density at radius 3 is 2.50 bits per heavy atom. The molecule has 0 bridgehead atoms. The molecule has 1 amide bonds. The van der Waals surface area contributed by atoms with Gasteiger partial charge < -0.3 is 21.1 Å². The molecule has 4 atom stereocenters. The van der Waals surface area contributed by atoms with Gasteiger partial charge in [0.1, 0.15) is 23.8 Å². The zero-order valence-electron chi connectivity index (χ0n) is 20.3. The van der Waals surface area contributed by atoms with Crippen molar-refractivity contribution in [2.45, 2.75) is 30.8 Å². The number of carbonyl (C=O) groups excluding carboxylic acids is 1. The highest BCUT2D eigenvalue weighted by molar-refractivity contribution is 6.05. The van der Waals surface area contributed by atoms with Crippen molar-refractivity contribution in [1.29, 1.82) is 0 Å². The van der Waals surface area contributed by atoms with E-state index in [2.05, 4.69) is 31.8 Å². The summed E-state index contributed by atoms with van der Waals surface area (Å²) in [5.74, 6) is -5.74. The minimum Gasteiger partial charge on any atom is -0.494 e. The van der Waals surface area contributed by atoms with E-state index in [0.717, 1.165) is 12.1 Å². The molecule has 2 aromatic carbocycles. The lowest BCUT2D eigenvalue weighted by molar-refractivity contribution is -0.164. The number of methoxy groups -OCH3 is 1. The molecule has 1 aliphatic heterocycles. The highest BCUT2D eigenvalue weighted by Crippen LogP contribution is 2.27. The maximum absolute atomic E-state index is 14.3. The van der Waals surface area contributed by atoms with Crippen molar-refractivity contribution in [1.82, 2.24) is 21.5 Å². The summed E-state index contributed by atoms with van der Waals surface area (Å²) in [6.07, 6.45) is -5.46. The number of benzene rings is 2. The molecule has 38 heavy (non-hydrogen) atoms. The van der Waals surface area contributed by atoms with E-state index in [-0.39, 0.29) is 17.9 Å². The molecular formula is C23H27F6N7O2. The zero-order valence-corrected chi connectivity index (χ0v) is 20.3. The largest absolute Gasteiger partial charge is 0.494 e. The molecular weight excluding hydrogens is 520 g/mol. The smallest absolute Gasteiger partial charge is 0.404 e. The molecule has 0 saturated carbocycles. The fourth-order valence-electron chi connectivity index (χ4n) is 3.75. The quantitative estimate of drug-likeness (QED) is 0.170. The average molecular weight is 548 g/mol. The third-order valence-corrected chi connectivity index (χ3v) is 5.74. The lowest BCUT2D eigenvalue weighted by atomic mass is 9.99. The molecule has 15 heteroatoms. The molecule has 208 valence electrons. The molecule has 0 aromatic heterocycles. The summed E-state index contributed by atoms with van der Waals surface area (Å²) < 4.78 is 86.4. The summed E-state index contributed by atoms with van der Waals surface area (Å²) in [6, 6.07) is 3.94. The van der Waals surface area contributed by atoms with Crippen LogP contribution in [-0.2, 0) is 4.79 Å². The summed E-state index contributed by atoms with van der Waals surface area (Å²) in [7, 11) is 2.68. The van der Waals surface area contributed by atoms with Crippen LogP contribution < -0.4 is 37.3 Å². The van der Waals surface area contributed by atoms with Gasteiger partial charge in [-0.1, -0.05) is 6.07 Å². The van der Waals surface area contributed by atoms with Crippen molar-refractivity contribution in [3.05, 3.63) is 59.4 Å². The number of alkyl halides is 3. The first-order valence-electron chi connectivity index (χ1n) is 11.3. The fourth-order valence-corrected chi connectivity index (χ4v) is 3.75. The number of amides is 1. The molecule has 7 N–H and O–H groups in total. The number of hydrazine groups is 1. The average Bonchev–Trinajstić information content (AvgIpc) is 3.31. The van der Waals surface area contributed by atoms with Crippen LogP contribution in [0.2, 0.25) is 0 Å². The second-order valence-corrected chi connectivity index (χ2v) is 8.43. The molecule has 0 radical (unpaired) electrons. The third kappa shape index (κ3) is 7.34. The lowest BCUT2D eigenvalue weighted by Gasteiger charge is -2.25. The first kappa shape index (κ1) is 29.2. The topological polar surface area (TPSA) is 125 Å². The molecule has 1 aliphatic rings. The third-order valence-electron chi connectivity index (χ3n) is 5.74. The van der Waals surface area contributed by atoms with Gasteiger partial charge in [0.05, 0.1) is 18.7 Å². The molecule has 1 saturated heterocycles. The maximum Gasteiger partial charge on any atom is 0.404 e. The van der Waals surface area contributed by atoms with E-state index in [0.29, 0.717) is 11.6 Å². The molecule has 2 aromatic rings. The predicted octanol–water partition coefficient (Wildman–Crippen LogP) is 2.29. The van der Waals surface area contributed by atoms with Crippen molar-refractivity contribution < 1.29 is 35.9 Å². The van der Waals surface area contributed by atoms with E-state index in [4.69, 9.17) is 10.5 Å². The van der Waals surface area contributed by atoms with E-state index in [1.807, 2.05) is 0 Å². The van der Waals surface area contributed by atoms with Crippen LogP contribution in [0.4, 0.5) is 32.0 Å². The Hall–Kier alpha value is -3.40. The molecule has 9 nitrogen and oxygen atoms in total. The van der Waals surface area contributed by atoms with Gasteiger partial charge in [0.15, 0.2) is 11.6 Å². The number of nitrogens with two attached hydrogens (primary N) is 1. The number of anilines is 1. The number of nitrogens with one attached hydrogen (secondary N) is 5. The number of nitrogens with zero attached hydrogens (tertiary/aromatic N) is 1. The van der Waals surface area contributed by atoms with E-state index in [1.165, 1.54) is 26.3 Å². The zero-order chi connectivity index (χ0) is 28.0. The van der Waals surface area contributed by atoms with Gasteiger partial charge in [-0.15, -0.1) is 0 Å². The van der Waals surface area contributed by atoms with Crippen molar-refractivity contribution in [2.75, 3.05) is 26.0 Å². The summed E-state index contributed by atoms with van der Waals surface area (Å²) >= 11 is 0. The van der Waals surface area contributed by atoms with Crippen molar-refractivity contribution >= 4 is 17.6 Å². The number of hydrogen-bond donors (Lipinski definition) is 6. The van der Waals surface area contributed by atoms with Gasteiger partial charge in [0, 0.05) is 25.1 Å². The minimum atomic E-state index is -4.87. The SMILES string of the molecule is CNCC(C(=O)NC(=NC1CC(c2ccc(OC)c(F)c2)NN1)Nc1ccc(F)cc1F)C(N)C(F)(F)F. The number of ether oxygens (including phenoxy) is 1. The van der Waals surface area contributed by atoms with E-state index < -0.39 is 66.2 Å². The first-order valence-corrected chi connectivity index (χ1v) is 11.3. The summed E-state index contributed by atoms with van der Waals surface area (Å²) in [4.78, 5) is 17.1. The van der Waals surface area contributed by atoms with Crippen LogP contribution in [0.1, 0.15) is 18.0 Å². The number of guanidine groups is 1. The number of rotatable bonds is 8. The van der Waals surface area contributed by atoms with Gasteiger partial charge >= 0.3 is 6.18 Å². The van der Waals surface area contributed by atoms with Crippen molar-refractivity contribution in [3.63, 3.8) is 0 Å². The van der Waals surface area contributed by atoms with Gasteiger partial charge in [-0.3, -0.25) is 10.1 Å². The highest BCUT2D eigenvalue weighted by atomic mass is 19.4. The monoisotopic (exact) mass is 547 g/mol. The number of halogens is 6. The summed E-state index contributed by atoms with van der Waals surface area (Å²) in [5.41, 5.74) is 11.2. The Balaban J connectivity index is 1.85. The minimum absolute atomic E-state index is 0.0537. The van der Waals surface area contributed by atoms with Crippen molar-refractivity contribution in [2.24, 2.45) is 16.6 Å².